The third kappa shape index (κ3) is 3.33. The number of aromatic nitrogens is 2. The minimum Gasteiger partial charge on any atom is -0.396 e. The van der Waals surface area contributed by atoms with Gasteiger partial charge in [0.1, 0.15) is 0 Å². The second kappa shape index (κ2) is 7.13. The molecule has 1 atom stereocenters. The lowest BCUT2D eigenvalue weighted by molar-refractivity contribution is -0.133. The standard InChI is InChI=1S/C18H23N3O3/c1-13-4-2-6-15-17(13)19-12-21(18(15)24)9-7-16(23)20-8-3-5-14(10-20)11-22/h2,4,6,12,14,22H,3,5,7-11H2,1H3. The summed E-state index contributed by atoms with van der Waals surface area (Å²) in [7, 11) is 0. The summed E-state index contributed by atoms with van der Waals surface area (Å²) in [6, 6.07) is 5.54. The number of para-hydroxylation sites is 1. The second-order valence-corrected chi connectivity index (χ2v) is 6.49. The summed E-state index contributed by atoms with van der Waals surface area (Å²) in [5.74, 6) is 0.208. The number of nitrogens with zero attached hydrogens (tertiary/aromatic N) is 3. The molecule has 1 aromatic carbocycles. The van der Waals surface area contributed by atoms with Crippen molar-refractivity contribution in [1.82, 2.24) is 14.5 Å². The highest BCUT2D eigenvalue weighted by molar-refractivity contribution is 5.80. The van der Waals surface area contributed by atoms with E-state index in [0.29, 0.717) is 24.0 Å². The number of aliphatic hydroxyl groups excluding tert-OH is 1. The van der Waals surface area contributed by atoms with E-state index in [1.165, 1.54) is 10.9 Å². The quantitative estimate of drug-likeness (QED) is 0.918. The molecular formula is C18H23N3O3. The van der Waals surface area contributed by atoms with Crippen molar-refractivity contribution >= 4 is 16.8 Å². The fourth-order valence-corrected chi connectivity index (χ4v) is 3.31. The van der Waals surface area contributed by atoms with Crippen LogP contribution in [-0.4, -0.2) is 45.2 Å². The van der Waals surface area contributed by atoms with E-state index in [9.17, 15) is 14.7 Å². The second-order valence-electron chi connectivity index (χ2n) is 6.49. The summed E-state index contributed by atoms with van der Waals surface area (Å²) >= 11 is 0. The van der Waals surface area contributed by atoms with Gasteiger partial charge in [0.25, 0.3) is 5.56 Å². The minimum absolute atomic E-state index is 0.0318. The molecule has 0 aliphatic carbocycles. The molecule has 1 N–H and O–H groups in total. The summed E-state index contributed by atoms with van der Waals surface area (Å²) in [6.45, 7) is 3.72. The van der Waals surface area contributed by atoms with Crippen molar-refractivity contribution < 1.29 is 9.90 Å². The zero-order chi connectivity index (χ0) is 17.1. The molecular weight excluding hydrogens is 306 g/mol. The first-order valence-electron chi connectivity index (χ1n) is 8.43. The van der Waals surface area contributed by atoms with Gasteiger partial charge in [-0.3, -0.25) is 14.2 Å². The highest BCUT2D eigenvalue weighted by atomic mass is 16.3. The first kappa shape index (κ1) is 16.6. The van der Waals surface area contributed by atoms with Crippen molar-refractivity contribution in [3.05, 3.63) is 40.4 Å². The van der Waals surface area contributed by atoms with Gasteiger partial charge < -0.3 is 10.0 Å². The molecule has 6 nitrogen and oxygen atoms in total. The maximum Gasteiger partial charge on any atom is 0.261 e. The first-order valence-corrected chi connectivity index (χ1v) is 8.43. The van der Waals surface area contributed by atoms with Crippen molar-refractivity contribution in [1.29, 1.82) is 0 Å². The Morgan fingerprint density at radius 3 is 3.04 bits per heavy atom. The lowest BCUT2D eigenvalue weighted by atomic mass is 9.99. The predicted molar refractivity (Wildman–Crippen MR) is 91.7 cm³/mol. The van der Waals surface area contributed by atoms with Crippen LogP contribution in [0.1, 0.15) is 24.8 Å². The number of carbonyl (C=O) groups excluding carboxylic acids is 1. The number of amides is 1. The summed E-state index contributed by atoms with van der Waals surface area (Å²) in [4.78, 5) is 31.1. The Morgan fingerprint density at radius 1 is 1.42 bits per heavy atom. The van der Waals surface area contributed by atoms with Gasteiger partial charge in [-0.2, -0.15) is 0 Å². The van der Waals surface area contributed by atoms with Gasteiger partial charge in [-0.15, -0.1) is 0 Å². The van der Waals surface area contributed by atoms with Crippen LogP contribution in [-0.2, 0) is 11.3 Å². The number of piperidine rings is 1. The molecule has 1 aliphatic rings. The number of fused-ring (bicyclic) bond motifs is 1. The Morgan fingerprint density at radius 2 is 2.25 bits per heavy atom. The zero-order valence-corrected chi connectivity index (χ0v) is 13.9. The van der Waals surface area contributed by atoms with Gasteiger partial charge >= 0.3 is 0 Å². The molecule has 1 amide bonds. The smallest absolute Gasteiger partial charge is 0.261 e. The number of benzene rings is 1. The van der Waals surface area contributed by atoms with Gasteiger partial charge in [0.2, 0.25) is 5.91 Å². The number of hydrogen-bond acceptors (Lipinski definition) is 4. The molecule has 24 heavy (non-hydrogen) atoms. The molecule has 2 heterocycles. The Bertz CT molecular complexity index is 800. The van der Waals surface area contributed by atoms with Gasteiger partial charge in [0.15, 0.2) is 0 Å². The molecule has 6 heteroatoms. The maximum absolute atomic E-state index is 12.5. The Kier molecular flexibility index (Phi) is 4.94. The van der Waals surface area contributed by atoms with Crippen LogP contribution >= 0.6 is 0 Å². The lowest BCUT2D eigenvalue weighted by Crippen LogP contribution is -2.41. The number of rotatable bonds is 4. The number of aliphatic hydroxyl groups is 1. The van der Waals surface area contributed by atoms with E-state index in [1.54, 1.807) is 11.0 Å². The third-order valence-electron chi connectivity index (χ3n) is 4.75. The highest BCUT2D eigenvalue weighted by Crippen LogP contribution is 2.17. The molecule has 0 saturated carbocycles. The highest BCUT2D eigenvalue weighted by Gasteiger charge is 2.22. The lowest BCUT2D eigenvalue weighted by Gasteiger charge is -2.32. The molecule has 128 valence electrons. The number of likely N-dealkylation sites (tertiary alicyclic amines) is 1. The predicted octanol–water partition coefficient (Wildman–Crippen LogP) is 1.33. The Balaban J connectivity index is 1.70. The van der Waals surface area contributed by atoms with Crippen molar-refractivity contribution in [2.75, 3.05) is 19.7 Å². The average Bonchev–Trinajstić information content (AvgIpc) is 2.61. The van der Waals surface area contributed by atoms with Crippen molar-refractivity contribution in [2.24, 2.45) is 5.92 Å². The summed E-state index contributed by atoms with van der Waals surface area (Å²) in [5.41, 5.74) is 1.58. The SMILES string of the molecule is Cc1cccc2c(=O)n(CCC(=O)N3CCCC(CO)C3)cnc12. The fraction of sp³-hybridized carbons (Fsp3) is 0.500. The molecule has 0 radical (unpaired) electrons. The number of hydrogen-bond donors (Lipinski definition) is 1. The van der Waals surface area contributed by atoms with Crippen LogP contribution in [0.5, 0.6) is 0 Å². The van der Waals surface area contributed by atoms with Gasteiger partial charge in [0.05, 0.1) is 17.2 Å². The van der Waals surface area contributed by atoms with E-state index in [2.05, 4.69) is 4.98 Å². The number of carbonyl (C=O) groups is 1. The normalized spacial score (nSPS) is 18.1. The van der Waals surface area contributed by atoms with E-state index in [1.807, 2.05) is 19.1 Å². The average molecular weight is 329 g/mol. The van der Waals surface area contributed by atoms with E-state index in [0.717, 1.165) is 24.9 Å². The first-order chi connectivity index (χ1) is 11.6. The van der Waals surface area contributed by atoms with Crippen molar-refractivity contribution in [2.45, 2.75) is 32.7 Å². The Hall–Kier alpha value is -2.21. The summed E-state index contributed by atoms with van der Waals surface area (Å²) in [5, 5.41) is 9.85. The topological polar surface area (TPSA) is 75.4 Å². The van der Waals surface area contributed by atoms with Crippen LogP contribution in [0.15, 0.2) is 29.3 Å². The molecule has 1 unspecified atom stereocenters. The van der Waals surface area contributed by atoms with Crippen LogP contribution in [0.25, 0.3) is 10.9 Å². The molecule has 0 bridgehead atoms. The molecule has 1 fully saturated rings. The van der Waals surface area contributed by atoms with Crippen LogP contribution in [0.3, 0.4) is 0 Å². The van der Waals surface area contributed by atoms with Crippen LogP contribution in [0, 0.1) is 12.8 Å². The summed E-state index contributed by atoms with van der Waals surface area (Å²) in [6.07, 6.45) is 3.69. The fourth-order valence-electron chi connectivity index (χ4n) is 3.31. The molecule has 1 aromatic heterocycles. The van der Waals surface area contributed by atoms with Crippen molar-refractivity contribution in [3.8, 4) is 0 Å². The molecule has 3 rings (SSSR count). The Labute approximate surface area is 140 Å². The minimum atomic E-state index is -0.108. The van der Waals surface area contributed by atoms with Gasteiger partial charge in [-0.05, 0) is 37.3 Å². The molecule has 1 aliphatic heterocycles. The molecule has 0 spiro atoms. The number of aryl methyl sites for hydroxylation is 2. The van der Waals surface area contributed by atoms with E-state index in [4.69, 9.17) is 0 Å². The monoisotopic (exact) mass is 329 g/mol. The van der Waals surface area contributed by atoms with Gasteiger partial charge in [-0.25, -0.2) is 4.98 Å². The van der Waals surface area contributed by atoms with E-state index in [-0.39, 0.29) is 30.4 Å². The van der Waals surface area contributed by atoms with Gasteiger partial charge in [0, 0.05) is 32.7 Å². The zero-order valence-electron chi connectivity index (χ0n) is 13.9. The van der Waals surface area contributed by atoms with Crippen LogP contribution in [0.2, 0.25) is 0 Å². The van der Waals surface area contributed by atoms with Crippen LogP contribution in [0.4, 0.5) is 0 Å². The molecule has 1 saturated heterocycles. The van der Waals surface area contributed by atoms with Gasteiger partial charge in [-0.1, -0.05) is 12.1 Å². The summed E-state index contributed by atoms with van der Waals surface area (Å²) < 4.78 is 1.51. The largest absolute Gasteiger partial charge is 0.396 e. The molecule has 2 aromatic rings. The van der Waals surface area contributed by atoms with E-state index < -0.39 is 0 Å². The third-order valence-corrected chi connectivity index (χ3v) is 4.75. The van der Waals surface area contributed by atoms with E-state index >= 15 is 0 Å². The van der Waals surface area contributed by atoms with Crippen molar-refractivity contribution in [3.63, 3.8) is 0 Å². The van der Waals surface area contributed by atoms with Crippen LogP contribution < -0.4 is 5.56 Å². The maximum atomic E-state index is 12.5.